The number of phenols is 1. The van der Waals surface area contributed by atoms with Crippen molar-refractivity contribution in [1.29, 1.82) is 0 Å². The van der Waals surface area contributed by atoms with Gasteiger partial charge in [-0.05, 0) is 24.3 Å². The molecule has 6 nitrogen and oxygen atoms in total. The third kappa shape index (κ3) is 2.92. The molecule has 0 atom stereocenters. The fourth-order valence-electron chi connectivity index (χ4n) is 1.70. The van der Waals surface area contributed by atoms with Crippen LogP contribution in [-0.2, 0) is 6.61 Å². The van der Waals surface area contributed by atoms with Crippen molar-refractivity contribution < 1.29 is 19.6 Å². The minimum absolute atomic E-state index is 0.0449. The van der Waals surface area contributed by atoms with Gasteiger partial charge < -0.3 is 9.84 Å². The number of carbonyl (C=O) groups is 1. The maximum atomic E-state index is 10.8. The van der Waals surface area contributed by atoms with Crippen molar-refractivity contribution in [2.45, 2.75) is 6.61 Å². The second-order valence-electron chi connectivity index (χ2n) is 4.02. The van der Waals surface area contributed by atoms with E-state index in [0.717, 1.165) is 0 Å². The number of aromatic hydroxyl groups is 1. The number of carbonyl (C=O) groups excluding carboxylic acids is 1. The zero-order chi connectivity index (χ0) is 14.5. The van der Waals surface area contributed by atoms with Gasteiger partial charge in [0.2, 0.25) is 0 Å². The molecule has 0 aliphatic rings. The molecule has 0 aliphatic heterocycles. The fourth-order valence-corrected chi connectivity index (χ4v) is 1.70. The third-order valence-electron chi connectivity index (χ3n) is 2.69. The Morgan fingerprint density at radius 2 is 2.00 bits per heavy atom. The summed E-state index contributed by atoms with van der Waals surface area (Å²) in [6, 6.07) is 10.4. The highest BCUT2D eigenvalue weighted by atomic mass is 16.6. The molecule has 2 aromatic rings. The molecule has 6 heteroatoms. The van der Waals surface area contributed by atoms with Crippen LogP contribution in [0.4, 0.5) is 5.69 Å². The number of nitro benzene ring substituents is 1. The summed E-state index contributed by atoms with van der Waals surface area (Å²) >= 11 is 0. The predicted octanol–water partition coefficient (Wildman–Crippen LogP) is 2.69. The van der Waals surface area contributed by atoms with Crippen LogP contribution in [0.3, 0.4) is 0 Å². The summed E-state index contributed by atoms with van der Waals surface area (Å²) in [7, 11) is 0. The van der Waals surface area contributed by atoms with Crippen LogP contribution in [0, 0.1) is 10.1 Å². The average molecular weight is 273 g/mol. The van der Waals surface area contributed by atoms with Crippen LogP contribution < -0.4 is 4.74 Å². The van der Waals surface area contributed by atoms with Crippen LogP contribution in [0.15, 0.2) is 42.5 Å². The first kappa shape index (κ1) is 13.5. The molecule has 2 rings (SSSR count). The molecule has 2 aromatic carbocycles. The molecule has 0 radical (unpaired) electrons. The largest absolute Gasteiger partial charge is 0.504 e. The summed E-state index contributed by atoms with van der Waals surface area (Å²) in [5.74, 6) is -0.0260. The Morgan fingerprint density at radius 3 is 2.65 bits per heavy atom. The molecule has 20 heavy (non-hydrogen) atoms. The minimum atomic E-state index is -0.492. The van der Waals surface area contributed by atoms with E-state index in [1.165, 1.54) is 24.3 Å². The highest BCUT2D eigenvalue weighted by Gasteiger charge is 2.13. The number of ether oxygens (including phenoxy) is 1. The van der Waals surface area contributed by atoms with Crippen molar-refractivity contribution >= 4 is 12.0 Å². The van der Waals surface area contributed by atoms with E-state index in [-0.39, 0.29) is 23.8 Å². The molecule has 0 aliphatic carbocycles. The number of hydrogen-bond acceptors (Lipinski definition) is 5. The summed E-state index contributed by atoms with van der Waals surface area (Å²) < 4.78 is 5.34. The molecule has 0 spiro atoms. The van der Waals surface area contributed by atoms with Gasteiger partial charge in [-0.2, -0.15) is 0 Å². The van der Waals surface area contributed by atoms with Gasteiger partial charge in [-0.3, -0.25) is 14.9 Å². The van der Waals surface area contributed by atoms with Gasteiger partial charge >= 0.3 is 0 Å². The van der Waals surface area contributed by atoms with Crippen LogP contribution in [0.1, 0.15) is 15.9 Å². The van der Waals surface area contributed by atoms with Crippen LogP contribution in [-0.4, -0.2) is 16.3 Å². The molecule has 0 aromatic heterocycles. The Hall–Kier alpha value is -2.89. The molecule has 0 bridgehead atoms. The summed E-state index contributed by atoms with van der Waals surface area (Å²) in [4.78, 5) is 20.9. The topological polar surface area (TPSA) is 89.7 Å². The van der Waals surface area contributed by atoms with Crippen molar-refractivity contribution in [3.05, 3.63) is 63.7 Å². The summed E-state index contributed by atoms with van der Waals surface area (Å²) in [6.07, 6.45) is 0.603. The number of hydrogen-bond donors (Lipinski definition) is 1. The van der Waals surface area contributed by atoms with Crippen molar-refractivity contribution in [2.75, 3.05) is 0 Å². The predicted molar refractivity (Wildman–Crippen MR) is 70.9 cm³/mol. The van der Waals surface area contributed by atoms with Gasteiger partial charge in [-0.1, -0.05) is 12.1 Å². The van der Waals surface area contributed by atoms with E-state index in [2.05, 4.69) is 0 Å². The van der Waals surface area contributed by atoms with Gasteiger partial charge in [-0.15, -0.1) is 0 Å². The smallest absolute Gasteiger partial charge is 0.276 e. The summed E-state index contributed by atoms with van der Waals surface area (Å²) in [6.45, 7) is -0.0504. The van der Waals surface area contributed by atoms with Gasteiger partial charge in [0.05, 0.1) is 10.5 Å². The lowest BCUT2D eigenvalue weighted by Crippen LogP contribution is -2.00. The fraction of sp³-hybridized carbons (Fsp3) is 0.0714. The number of aldehydes is 1. The third-order valence-corrected chi connectivity index (χ3v) is 2.69. The highest BCUT2D eigenvalue weighted by molar-refractivity contribution is 5.76. The van der Waals surface area contributed by atoms with Gasteiger partial charge in [0.25, 0.3) is 5.69 Å². The quantitative estimate of drug-likeness (QED) is 0.514. The van der Waals surface area contributed by atoms with E-state index in [1.807, 2.05) is 0 Å². The Balaban J connectivity index is 2.17. The van der Waals surface area contributed by atoms with Crippen LogP contribution in [0.2, 0.25) is 0 Å². The van der Waals surface area contributed by atoms with Crippen LogP contribution in [0.5, 0.6) is 11.5 Å². The van der Waals surface area contributed by atoms with Crippen molar-refractivity contribution in [3.63, 3.8) is 0 Å². The van der Waals surface area contributed by atoms with Crippen LogP contribution in [0.25, 0.3) is 0 Å². The number of nitro groups is 1. The van der Waals surface area contributed by atoms with Gasteiger partial charge in [0.1, 0.15) is 12.9 Å². The van der Waals surface area contributed by atoms with E-state index in [4.69, 9.17) is 4.74 Å². The Labute approximate surface area is 114 Å². The first-order chi connectivity index (χ1) is 9.61. The molecule has 1 N–H and O–H groups in total. The number of benzene rings is 2. The molecule has 0 fully saturated rings. The lowest BCUT2D eigenvalue weighted by molar-refractivity contribution is -0.385. The molecule has 102 valence electrons. The molecule has 0 heterocycles. The minimum Gasteiger partial charge on any atom is -0.504 e. The molecular formula is C14H11NO5. The monoisotopic (exact) mass is 273 g/mol. The van der Waals surface area contributed by atoms with Gasteiger partial charge in [0.15, 0.2) is 11.5 Å². The number of phenolic OH excluding ortho intramolecular Hbond substituents is 1. The van der Waals surface area contributed by atoms with E-state index in [9.17, 15) is 20.0 Å². The number of rotatable bonds is 5. The van der Waals surface area contributed by atoms with Gasteiger partial charge in [-0.25, -0.2) is 0 Å². The first-order valence-electron chi connectivity index (χ1n) is 5.75. The Kier molecular flexibility index (Phi) is 3.95. The van der Waals surface area contributed by atoms with E-state index in [0.29, 0.717) is 17.4 Å². The number of para-hydroxylation sites is 1. The highest BCUT2D eigenvalue weighted by Crippen LogP contribution is 2.28. The molecule has 0 saturated heterocycles. The van der Waals surface area contributed by atoms with Crippen LogP contribution >= 0.6 is 0 Å². The van der Waals surface area contributed by atoms with E-state index >= 15 is 0 Å². The maximum Gasteiger partial charge on any atom is 0.276 e. The maximum absolute atomic E-state index is 10.8. The first-order valence-corrected chi connectivity index (χ1v) is 5.75. The van der Waals surface area contributed by atoms with E-state index < -0.39 is 4.92 Å². The Morgan fingerprint density at radius 1 is 1.25 bits per heavy atom. The normalized spacial score (nSPS) is 10.0. The summed E-state index contributed by atoms with van der Waals surface area (Å²) in [5, 5.41) is 20.5. The summed E-state index contributed by atoms with van der Waals surface area (Å²) in [5.41, 5.74) is 0.674. The zero-order valence-electron chi connectivity index (χ0n) is 10.4. The zero-order valence-corrected chi connectivity index (χ0v) is 10.4. The number of nitrogens with zero attached hydrogens (tertiary/aromatic N) is 1. The average Bonchev–Trinajstić information content (AvgIpc) is 2.46. The second kappa shape index (κ2) is 5.83. The Bertz CT molecular complexity index is 654. The van der Waals surface area contributed by atoms with Crippen molar-refractivity contribution in [3.8, 4) is 11.5 Å². The van der Waals surface area contributed by atoms with Crippen molar-refractivity contribution in [2.24, 2.45) is 0 Å². The molecular weight excluding hydrogens is 262 g/mol. The standard InChI is InChI=1S/C14H11NO5/c16-8-10-5-6-14(13(17)7-10)20-9-11-3-1-2-4-12(11)15(18)19/h1-8,17H,9H2. The van der Waals surface area contributed by atoms with Crippen molar-refractivity contribution in [1.82, 2.24) is 0 Å². The SMILES string of the molecule is O=Cc1ccc(OCc2ccccc2[N+](=O)[O-])c(O)c1. The molecule has 0 saturated carbocycles. The molecule has 0 unspecified atom stereocenters. The molecule has 0 amide bonds. The van der Waals surface area contributed by atoms with E-state index in [1.54, 1.807) is 18.2 Å². The lowest BCUT2D eigenvalue weighted by atomic mass is 10.2. The van der Waals surface area contributed by atoms with Gasteiger partial charge in [0, 0.05) is 11.6 Å². The second-order valence-corrected chi connectivity index (χ2v) is 4.02. The lowest BCUT2D eigenvalue weighted by Gasteiger charge is -2.08.